The topological polar surface area (TPSA) is 0 Å². The summed E-state index contributed by atoms with van der Waals surface area (Å²) in [4.78, 5) is 0. The lowest BCUT2D eigenvalue weighted by Crippen LogP contribution is -2.27. The summed E-state index contributed by atoms with van der Waals surface area (Å²) in [7, 11) is 0. The second kappa shape index (κ2) is 7.87. The van der Waals surface area contributed by atoms with Gasteiger partial charge in [0.25, 0.3) is 0 Å². The standard InChI is InChI=1S/C18H31F3/c1-2-3-4-14-5-9-16(10-6-14)17-11-7-15(8-12-17)13-18(19,20)21/h14-17H,2-13H2,1H3. The lowest BCUT2D eigenvalue weighted by molar-refractivity contribution is -0.147. The second-order valence-electron chi connectivity index (χ2n) is 7.52. The van der Waals surface area contributed by atoms with E-state index in [-0.39, 0.29) is 5.92 Å². The summed E-state index contributed by atoms with van der Waals surface area (Å²) in [6.07, 6.45) is 8.64. The number of rotatable bonds is 5. The molecule has 0 radical (unpaired) electrons. The third-order valence-electron chi connectivity index (χ3n) is 5.94. The molecule has 0 heterocycles. The zero-order valence-electron chi connectivity index (χ0n) is 13.4. The van der Waals surface area contributed by atoms with Crippen molar-refractivity contribution < 1.29 is 13.2 Å². The van der Waals surface area contributed by atoms with Gasteiger partial charge in [-0.25, -0.2) is 0 Å². The molecule has 2 saturated carbocycles. The van der Waals surface area contributed by atoms with Gasteiger partial charge in [-0.15, -0.1) is 0 Å². The van der Waals surface area contributed by atoms with E-state index >= 15 is 0 Å². The van der Waals surface area contributed by atoms with E-state index in [0.717, 1.165) is 43.4 Å². The highest BCUT2D eigenvalue weighted by Crippen LogP contribution is 2.44. The molecule has 0 atom stereocenters. The summed E-state index contributed by atoms with van der Waals surface area (Å²) in [6.45, 7) is 2.25. The fourth-order valence-electron chi connectivity index (χ4n) is 4.63. The minimum absolute atomic E-state index is 0.0952. The minimum atomic E-state index is -3.96. The molecular weight excluding hydrogens is 273 g/mol. The Labute approximate surface area is 127 Å². The molecule has 2 aliphatic rings. The molecule has 0 bridgehead atoms. The van der Waals surface area contributed by atoms with Crippen LogP contribution < -0.4 is 0 Å². The zero-order chi connectivity index (χ0) is 15.3. The first-order chi connectivity index (χ1) is 9.98. The highest BCUT2D eigenvalue weighted by Gasteiger charge is 2.36. The monoisotopic (exact) mass is 304 g/mol. The molecule has 0 N–H and O–H groups in total. The van der Waals surface area contributed by atoms with Gasteiger partial charge in [0.2, 0.25) is 0 Å². The quantitative estimate of drug-likeness (QED) is 0.527. The minimum Gasteiger partial charge on any atom is -0.171 e. The van der Waals surface area contributed by atoms with Crippen molar-refractivity contribution in [3.05, 3.63) is 0 Å². The summed E-state index contributed by atoms with van der Waals surface area (Å²) in [5.41, 5.74) is 0. The van der Waals surface area contributed by atoms with Gasteiger partial charge in [-0.1, -0.05) is 39.0 Å². The molecule has 0 aromatic heterocycles. The van der Waals surface area contributed by atoms with Crippen LogP contribution in [0.3, 0.4) is 0 Å². The van der Waals surface area contributed by atoms with Crippen molar-refractivity contribution in [1.29, 1.82) is 0 Å². The van der Waals surface area contributed by atoms with E-state index in [4.69, 9.17) is 0 Å². The molecule has 0 aromatic carbocycles. The molecule has 0 amide bonds. The fraction of sp³-hybridized carbons (Fsp3) is 1.00. The summed E-state index contributed by atoms with van der Waals surface area (Å²) >= 11 is 0. The maximum Gasteiger partial charge on any atom is 0.389 e. The van der Waals surface area contributed by atoms with Gasteiger partial charge >= 0.3 is 6.18 Å². The number of unbranched alkanes of at least 4 members (excludes halogenated alkanes) is 1. The van der Waals surface area contributed by atoms with Crippen LogP contribution in [-0.2, 0) is 0 Å². The molecule has 0 aliphatic heterocycles. The predicted octanol–water partition coefficient (Wildman–Crippen LogP) is 6.74. The van der Waals surface area contributed by atoms with Crippen molar-refractivity contribution in [1.82, 2.24) is 0 Å². The van der Waals surface area contributed by atoms with Crippen LogP contribution in [0.2, 0.25) is 0 Å². The first kappa shape index (κ1) is 17.1. The highest BCUT2D eigenvalue weighted by molar-refractivity contribution is 4.82. The van der Waals surface area contributed by atoms with Crippen LogP contribution in [0.15, 0.2) is 0 Å². The molecule has 3 heteroatoms. The molecule has 0 spiro atoms. The Morgan fingerprint density at radius 3 is 1.67 bits per heavy atom. The third kappa shape index (κ3) is 5.83. The van der Waals surface area contributed by atoms with E-state index in [1.165, 1.54) is 44.9 Å². The largest absolute Gasteiger partial charge is 0.389 e. The number of hydrogen-bond donors (Lipinski definition) is 0. The molecule has 2 rings (SSSR count). The number of alkyl halides is 3. The van der Waals surface area contributed by atoms with E-state index in [1.54, 1.807) is 0 Å². The Bertz CT molecular complexity index is 281. The molecule has 2 fully saturated rings. The van der Waals surface area contributed by atoms with E-state index in [2.05, 4.69) is 6.92 Å². The lowest BCUT2D eigenvalue weighted by Gasteiger charge is -2.38. The van der Waals surface area contributed by atoms with E-state index in [9.17, 15) is 13.2 Å². The van der Waals surface area contributed by atoms with E-state index < -0.39 is 12.6 Å². The normalized spacial score (nSPS) is 34.9. The van der Waals surface area contributed by atoms with Crippen LogP contribution in [-0.4, -0.2) is 6.18 Å². The lowest BCUT2D eigenvalue weighted by atomic mass is 9.68. The first-order valence-corrected chi connectivity index (χ1v) is 9.04. The zero-order valence-corrected chi connectivity index (χ0v) is 13.4. The predicted molar refractivity (Wildman–Crippen MR) is 81.1 cm³/mol. The average molecular weight is 304 g/mol. The Balaban J connectivity index is 1.67. The second-order valence-corrected chi connectivity index (χ2v) is 7.52. The molecule has 0 aromatic rings. The Morgan fingerprint density at radius 1 is 0.762 bits per heavy atom. The Hall–Kier alpha value is -0.210. The van der Waals surface area contributed by atoms with Crippen molar-refractivity contribution in [2.45, 2.75) is 90.1 Å². The van der Waals surface area contributed by atoms with Crippen LogP contribution in [0, 0.1) is 23.7 Å². The molecule has 0 saturated heterocycles. The van der Waals surface area contributed by atoms with Crippen LogP contribution >= 0.6 is 0 Å². The SMILES string of the molecule is CCCCC1CCC(C2CCC(CC(F)(F)F)CC2)CC1. The number of hydrogen-bond acceptors (Lipinski definition) is 0. The van der Waals surface area contributed by atoms with E-state index in [1.807, 2.05) is 0 Å². The van der Waals surface area contributed by atoms with Crippen LogP contribution in [0.25, 0.3) is 0 Å². The van der Waals surface area contributed by atoms with Gasteiger partial charge < -0.3 is 0 Å². The summed E-state index contributed by atoms with van der Waals surface area (Å²) in [6, 6.07) is 0. The molecule has 124 valence electrons. The Morgan fingerprint density at radius 2 is 1.24 bits per heavy atom. The van der Waals surface area contributed by atoms with E-state index in [0.29, 0.717) is 0 Å². The third-order valence-corrected chi connectivity index (χ3v) is 5.94. The van der Waals surface area contributed by atoms with Crippen molar-refractivity contribution in [3.8, 4) is 0 Å². The first-order valence-electron chi connectivity index (χ1n) is 9.04. The smallest absolute Gasteiger partial charge is 0.171 e. The number of halogens is 3. The maximum atomic E-state index is 12.4. The van der Waals surface area contributed by atoms with Gasteiger partial charge in [-0.3, -0.25) is 0 Å². The maximum absolute atomic E-state index is 12.4. The van der Waals surface area contributed by atoms with Gasteiger partial charge in [0, 0.05) is 6.42 Å². The molecule has 0 unspecified atom stereocenters. The van der Waals surface area contributed by atoms with Crippen molar-refractivity contribution >= 4 is 0 Å². The molecule has 2 aliphatic carbocycles. The van der Waals surface area contributed by atoms with Crippen molar-refractivity contribution in [2.75, 3.05) is 0 Å². The summed E-state index contributed by atoms with van der Waals surface area (Å²) in [5, 5.41) is 0. The van der Waals surface area contributed by atoms with Gasteiger partial charge in [0.1, 0.15) is 0 Å². The summed E-state index contributed by atoms with van der Waals surface area (Å²) < 4.78 is 37.3. The van der Waals surface area contributed by atoms with Gasteiger partial charge in [-0.2, -0.15) is 13.2 Å². The average Bonchev–Trinajstić information content (AvgIpc) is 2.45. The van der Waals surface area contributed by atoms with Crippen molar-refractivity contribution in [2.24, 2.45) is 23.7 Å². The van der Waals surface area contributed by atoms with Gasteiger partial charge in [-0.05, 0) is 62.2 Å². The van der Waals surface area contributed by atoms with Crippen molar-refractivity contribution in [3.63, 3.8) is 0 Å². The molecule has 0 nitrogen and oxygen atoms in total. The molecule has 21 heavy (non-hydrogen) atoms. The fourth-order valence-corrected chi connectivity index (χ4v) is 4.63. The van der Waals surface area contributed by atoms with Crippen LogP contribution in [0.5, 0.6) is 0 Å². The molecular formula is C18H31F3. The Kier molecular flexibility index (Phi) is 6.43. The summed E-state index contributed by atoms with van der Waals surface area (Å²) in [5.74, 6) is 2.38. The van der Waals surface area contributed by atoms with Gasteiger partial charge in [0.15, 0.2) is 0 Å². The van der Waals surface area contributed by atoms with Gasteiger partial charge in [0.05, 0.1) is 0 Å². The highest BCUT2D eigenvalue weighted by atomic mass is 19.4. The van der Waals surface area contributed by atoms with Crippen LogP contribution in [0.1, 0.15) is 84.0 Å². The van der Waals surface area contributed by atoms with Crippen LogP contribution in [0.4, 0.5) is 13.2 Å².